The molecule has 0 heterocycles. The fraction of sp³-hybridized carbons (Fsp3) is 0.467. The second-order valence-corrected chi connectivity index (χ2v) is 10.5. The van der Waals surface area contributed by atoms with Gasteiger partial charge in [0.1, 0.15) is 5.10 Å². The number of carboxylic acids is 1. The third-order valence-electron chi connectivity index (χ3n) is 7.19. The van der Waals surface area contributed by atoms with Gasteiger partial charge in [-0.1, -0.05) is 37.3 Å². The predicted molar refractivity (Wildman–Crippen MR) is 177 cm³/mol. The van der Waals surface area contributed by atoms with Crippen LogP contribution in [0.3, 0.4) is 0 Å². The van der Waals surface area contributed by atoms with Crippen molar-refractivity contribution < 1.29 is 48.8 Å². The van der Waals surface area contributed by atoms with Crippen molar-refractivity contribution in [1.29, 1.82) is 0 Å². The number of carboxylic acid groups (broad SMARTS) is 1. The van der Waals surface area contributed by atoms with Gasteiger partial charge in [0.15, 0.2) is 28.7 Å². The number of aliphatic carboxylic acids is 1. The van der Waals surface area contributed by atoms with Gasteiger partial charge in [-0.3, -0.25) is 4.79 Å². The Kier molecular flexibility index (Phi) is 18.2. The number of carbonyl (C=O) groups is 3. The fourth-order valence-electron chi connectivity index (χ4n) is 4.35. The first-order chi connectivity index (χ1) is 22.8. The average molecular weight is 696 g/mol. The van der Waals surface area contributed by atoms with Crippen molar-refractivity contribution in [1.82, 2.24) is 10.6 Å². The van der Waals surface area contributed by atoms with Gasteiger partial charge in [-0.15, -0.1) is 0 Å². The zero-order chi connectivity index (χ0) is 36.3. The number of rotatable bonds is 18. The second-order valence-electron chi connectivity index (χ2n) is 10.1. The molecule has 0 radical (unpaired) electrons. The molecular weight excluding hydrogens is 650 g/mol. The molecular formula is C30H45N7O10S. The summed E-state index contributed by atoms with van der Waals surface area (Å²) < 4.78 is 21.6. The standard InChI is InChI=1S/C21H27NO5.C9H18N6O5S/c1-6-21(22-2,16-10-8-7-9-11-16)14-27-20(23)15-12-17(24-3)19(26-5)18(13-15)25-4;10-5(4-21)7(16)13-6(8(17)18)2-1-3-12-9(11)14-15(19)20/h7-13,22H,6,14H2,1-5H3;5-6,21H,1-4,10H2,(H,13,16)(H,17,18)(H3,11,12,14). The summed E-state index contributed by atoms with van der Waals surface area (Å²) in [7, 11) is 6.53. The summed E-state index contributed by atoms with van der Waals surface area (Å²) in [6.07, 6.45) is 1.10. The number of guanidine groups is 1. The van der Waals surface area contributed by atoms with Gasteiger partial charge in [0.25, 0.3) is 5.96 Å². The van der Waals surface area contributed by atoms with Gasteiger partial charge in [-0.05, 0) is 25.0 Å². The topological polar surface area (TPSA) is 259 Å². The first kappa shape index (κ1) is 41.2. The van der Waals surface area contributed by atoms with Gasteiger partial charge in [-0.25, -0.2) is 14.9 Å². The van der Waals surface area contributed by atoms with Crippen LogP contribution >= 0.6 is 12.6 Å². The van der Waals surface area contributed by atoms with Crippen molar-refractivity contribution in [2.45, 2.75) is 43.8 Å². The van der Waals surface area contributed by atoms with Crippen molar-refractivity contribution in [3.63, 3.8) is 0 Å². The zero-order valence-corrected chi connectivity index (χ0v) is 28.5. The first-order valence-electron chi connectivity index (χ1n) is 14.8. The molecule has 17 nitrogen and oxygen atoms in total. The van der Waals surface area contributed by atoms with Crippen molar-refractivity contribution in [2.75, 3.05) is 47.3 Å². The monoisotopic (exact) mass is 695 g/mol. The van der Waals surface area contributed by atoms with E-state index >= 15 is 0 Å². The van der Waals surface area contributed by atoms with Gasteiger partial charge >= 0.3 is 5.97 Å². The third-order valence-corrected chi connectivity index (χ3v) is 7.59. The Morgan fingerprint density at radius 1 is 1.10 bits per heavy atom. The van der Waals surface area contributed by atoms with E-state index < -0.39 is 40.9 Å². The van der Waals surface area contributed by atoms with Crippen molar-refractivity contribution in [2.24, 2.45) is 16.6 Å². The average Bonchev–Trinajstić information content (AvgIpc) is 3.09. The fourth-order valence-corrected chi connectivity index (χ4v) is 4.51. The molecule has 0 fully saturated rings. The molecule has 0 aliphatic rings. The van der Waals surface area contributed by atoms with E-state index in [2.05, 4.69) is 52.7 Å². The number of nitro groups is 1. The minimum absolute atomic E-state index is 0.0338. The van der Waals surface area contributed by atoms with Gasteiger partial charge in [-0.2, -0.15) is 12.6 Å². The lowest BCUT2D eigenvalue weighted by atomic mass is 9.88. The molecule has 3 unspecified atom stereocenters. The van der Waals surface area contributed by atoms with E-state index in [1.807, 2.05) is 25.2 Å². The lowest BCUT2D eigenvalue weighted by molar-refractivity contribution is -0.715. The molecule has 0 bridgehead atoms. The van der Waals surface area contributed by atoms with Crippen LogP contribution in [0.5, 0.6) is 17.2 Å². The number of methoxy groups -OCH3 is 3. The molecule has 18 heteroatoms. The highest BCUT2D eigenvalue weighted by Crippen LogP contribution is 2.38. The SMILES string of the molecule is CCC(COC(=O)c1cc(OC)c(OC)c(OC)c1)([NH2+]C)c1ccccc1.N/C(=N\[N+](=O)[O-])NCCCC(NC(=O)C(N)CS)C(=O)[O-]. The summed E-state index contributed by atoms with van der Waals surface area (Å²) in [5.41, 5.74) is 11.7. The molecule has 0 saturated heterocycles. The van der Waals surface area contributed by atoms with E-state index in [-0.39, 0.29) is 37.3 Å². The molecule has 2 rings (SSSR count). The number of esters is 1. The van der Waals surface area contributed by atoms with Crippen molar-refractivity contribution in [3.05, 3.63) is 63.7 Å². The number of hydrogen-bond donors (Lipinski definition) is 6. The minimum Gasteiger partial charge on any atom is -0.548 e. The summed E-state index contributed by atoms with van der Waals surface area (Å²) in [6, 6.07) is 11.1. The molecule has 2 aromatic rings. The molecule has 48 heavy (non-hydrogen) atoms. The summed E-state index contributed by atoms with van der Waals surface area (Å²) in [6.45, 7) is 2.47. The zero-order valence-electron chi connectivity index (χ0n) is 27.6. The molecule has 0 spiro atoms. The van der Waals surface area contributed by atoms with Crippen LogP contribution in [0.15, 0.2) is 47.6 Å². The number of quaternary nitrogens is 1. The van der Waals surface area contributed by atoms with Crippen LogP contribution in [0.25, 0.3) is 0 Å². The molecule has 266 valence electrons. The maximum atomic E-state index is 12.7. The number of hydrogen-bond acceptors (Lipinski definition) is 12. The number of hydrazone groups is 1. The van der Waals surface area contributed by atoms with Crippen LogP contribution in [0.1, 0.15) is 42.1 Å². The van der Waals surface area contributed by atoms with Gasteiger partial charge in [0.2, 0.25) is 11.7 Å². The summed E-state index contributed by atoms with van der Waals surface area (Å²) in [5, 5.41) is 29.4. The maximum absolute atomic E-state index is 12.7. The summed E-state index contributed by atoms with van der Waals surface area (Å²) in [4.78, 5) is 45.0. The molecule has 3 atom stereocenters. The number of nitrogens with two attached hydrogens (primary N) is 3. The Morgan fingerprint density at radius 2 is 1.71 bits per heavy atom. The maximum Gasteiger partial charge on any atom is 0.338 e. The minimum atomic E-state index is -1.46. The van der Waals surface area contributed by atoms with E-state index in [4.69, 9.17) is 30.4 Å². The highest BCUT2D eigenvalue weighted by molar-refractivity contribution is 7.80. The van der Waals surface area contributed by atoms with E-state index in [1.165, 1.54) is 21.3 Å². The van der Waals surface area contributed by atoms with Crippen molar-refractivity contribution in [3.8, 4) is 17.2 Å². The largest absolute Gasteiger partial charge is 0.548 e. The van der Waals surface area contributed by atoms with Crippen LogP contribution in [-0.4, -0.2) is 88.2 Å². The molecule has 8 N–H and O–H groups in total. The van der Waals surface area contributed by atoms with Crippen LogP contribution < -0.4 is 46.7 Å². The van der Waals surface area contributed by atoms with Crippen LogP contribution in [-0.2, 0) is 19.9 Å². The van der Waals surface area contributed by atoms with E-state index in [0.717, 1.165) is 12.0 Å². The number of amides is 1. The van der Waals surface area contributed by atoms with Crippen LogP contribution in [0.2, 0.25) is 0 Å². The third kappa shape index (κ3) is 12.8. The Labute approximate surface area is 284 Å². The molecule has 1 amide bonds. The molecule has 0 aliphatic heterocycles. The first-order valence-corrected chi connectivity index (χ1v) is 15.4. The van der Waals surface area contributed by atoms with Gasteiger partial charge in [0.05, 0.1) is 52.0 Å². The highest BCUT2D eigenvalue weighted by atomic mass is 32.1. The van der Waals surface area contributed by atoms with Gasteiger partial charge < -0.3 is 56.3 Å². The van der Waals surface area contributed by atoms with Gasteiger partial charge in [0, 0.05) is 24.3 Å². The number of nitrogens with zero attached hydrogens (tertiary/aromatic N) is 2. The lowest BCUT2D eigenvalue weighted by Gasteiger charge is -2.29. The Morgan fingerprint density at radius 3 is 2.17 bits per heavy atom. The number of carbonyl (C=O) groups excluding carboxylic acids is 3. The number of likely N-dealkylation sites (N-methyl/N-ethyl adjacent to an activating group) is 1. The second kappa shape index (κ2) is 21.1. The van der Waals surface area contributed by atoms with E-state index in [9.17, 15) is 29.6 Å². The predicted octanol–water partition coefficient (Wildman–Crippen LogP) is -1.28. The Hall–Kier alpha value is -4.81. The molecule has 0 aliphatic carbocycles. The smallest absolute Gasteiger partial charge is 0.338 e. The number of nitrogens with one attached hydrogen (secondary N) is 2. The molecule has 0 aromatic heterocycles. The summed E-state index contributed by atoms with van der Waals surface area (Å²) >= 11 is 3.82. The number of ether oxygens (including phenoxy) is 4. The van der Waals surface area contributed by atoms with E-state index in [1.54, 1.807) is 12.1 Å². The van der Waals surface area contributed by atoms with Crippen LogP contribution in [0.4, 0.5) is 0 Å². The molecule has 2 aromatic carbocycles. The van der Waals surface area contributed by atoms with E-state index in [0.29, 0.717) is 22.8 Å². The summed E-state index contributed by atoms with van der Waals surface area (Å²) in [5.74, 6) is -1.61. The number of thiol groups is 1. The Balaban J connectivity index is 0.000000498. The van der Waals surface area contributed by atoms with Crippen molar-refractivity contribution >= 4 is 36.4 Å². The normalized spacial score (nSPS) is 13.4. The molecule has 0 saturated carbocycles. The highest BCUT2D eigenvalue weighted by Gasteiger charge is 2.35. The number of benzene rings is 2. The lowest BCUT2D eigenvalue weighted by Crippen LogP contribution is -2.92. The van der Waals surface area contributed by atoms with Crippen LogP contribution in [0, 0.1) is 10.1 Å². The Bertz CT molecular complexity index is 1350. The quantitative estimate of drug-likeness (QED) is 0.0202.